The van der Waals surface area contributed by atoms with Crippen molar-refractivity contribution >= 4 is 5.91 Å². The summed E-state index contributed by atoms with van der Waals surface area (Å²) in [6, 6.07) is 0. The molecule has 1 amide bonds. The van der Waals surface area contributed by atoms with E-state index in [-0.39, 0.29) is 17.4 Å². The molecule has 1 N–H and O–H groups in total. The molecule has 3 nitrogen and oxygen atoms in total. The van der Waals surface area contributed by atoms with Crippen LogP contribution in [0.4, 0.5) is 0 Å². The third-order valence-electron chi connectivity index (χ3n) is 1.70. The summed E-state index contributed by atoms with van der Waals surface area (Å²) >= 11 is 0. The zero-order valence-corrected chi connectivity index (χ0v) is 9.31. The Morgan fingerprint density at radius 1 is 1.46 bits per heavy atom. The second-order valence-electron chi connectivity index (χ2n) is 4.32. The molecule has 0 fully saturated rings. The summed E-state index contributed by atoms with van der Waals surface area (Å²) in [5.41, 5.74) is 0.117. The zero-order valence-electron chi connectivity index (χ0n) is 9.31. The highest BCUT2D eigenvalue weighted by molar-refractivity contribution is 5.80. The van der Waals surface area contributed by atoms with E-state index in [1.165, 1.54) is 0 Å². The maximum Gasteiger partial charge on any atom is 0.248 e. The Balaban J connectivity index is 4.17. The molecule has 0 saturated carbocycles. The van der Waals surface area contributed by atoms with Crippen molar-refractivity contribution in [1.82, 2.24) is 5.32 Å². The zero-order chi connectivity index (χ0) is 10.5. The summed E-state index contributed by atoms with van der Waals surface area (Å²) < 4.78 is 5.36. The molecule has 1 unspecified atom stereocenters. The third-order valence-corrected chi connectivity index (χ3v) is 1.70. The van der Waals surface area contributed by atoms with Crippen molar-refractivity contribution in [2.45, 2.75) is 40.2 Å². The van der Waals surface area contributed by atoms with E-state index >= 15 is 0 Å². The Labute approximate surface area is 80.8 Å². The molecule has 0 bridgehead atoms. The molecule has 0 radical (unpaired) electrons. The van der Waals surface area contributed by atoms with Gasteiger partial charge in [-0.2, -0.15) is 0 Å². The minimum atomic E-state index is -0.310. The van der Waals surface area contributed by atoms with Crippen LogP contribution in [0, 0.1) is 5.41 Å². The van der Waals surface area contributed by atoms with Gasteiger partial charge >= 0.3 is 0 Å². The molecule has 0 aromatic heterocycles. The summed E-state index contributed by atoms with van der Waals surface area (Å²) in [6.45, 7) is 8.78. The second-order valence-corrected chi connectivity index (χ2v) is 4.32. The number of hydrogen-bond acceptors (Lipinski definition) is 2. The van der Waals surface area contributed by atoms with Gasteiger partial charge in [0.15, 0.2) is 0 Å². The van der Waals surface area contributed by atoms with Gasteiger partial charge < -0.3 is 10.1 Å². The predicted molar refractivity (Wildman–Crippen MR) is 53.6 cm³/mol. The lowest BCUT2D eigenvalue weighted by atomic mass is 9.89. The van der Waals surface area contributed by atoms with Crippen molar-refractivity contribution in [3.05, 3.63) is 0 Å². The molecule has 78 valence electrons. The van der Waals surface area contributed by atoms with Crippen LogP contribution in [0.1, 0.15) is 34.1 Å². The Hall–Kier alpha value is -0.570. The van der Waals surface area contributed by atoms with Gasteiger partial charge in [-0.05, 0) is 18.8 Å². The van der Waals surface area contributed by atoms with Gasteiger partial charge in [0.25, 0.3) is 0 Å². The predicted octanol–water partition coefficient (Wildman–Crippen LogP) is 1.57. The molecule has 0 heterocycles. The van der Waals surface area contributed by atoms with Crippen LogP contribution in [0.3, 0.4) is 0 Å². The molecule has 0 aromatic rings. The van der Waals surface area contributed by atoms with Gasteiger partial charge in [-0.3, -0.25) is 4.79 Å². The van der Waals surface area contributed by atoms with Gasteiger partial charge in [0.2, 0.25) is 5.91 Å². The van der Waals surface area contributed by atoms with Crippen LogP contribution < -0.4 is 5.32 Å². The first kappa shape index (κ1) is 12.4. The minimum absolute atomic E-state index is 0.0308. The number of likely N-dealkylation sites (N-methyl/N-ethyl adjacent to an activating group) is 1. The van der Waals surface area contributed by atoms with Gasteiger partial charge in [-0.15, -0.1) is 0 Å². The van der Waals surface area contributed by atoms with Crippen LogP contribution in [0.2, 0.25) is 0 Å². The molecule has 13 heavy (non-hydrogen) atoms. The summed E-state index contributed by atoms with van der Waals surface area (Å²) in [5.74, 6) is -0.0308. The van der Waals surface area contributed by atoms with Gasteiger partial charge in [0.05, 0.1) is 0 Å². The molecule has 0 aliphatic heterocycles. The monoisotopic (exact) mass is 187 g/mol. The average Bonchev–Trinajstić information content (AvgIpc) is 2.00. The van der Waals surface area contributed by atoms with E-state index in [0.717, 1.165) is 6.42 Å². The molecule has 0 rings (SSSR count). The molecule has 1 atom stereocenters. The summed E-state index contributed by atoms with van der Waals surface area (Å²) in [6.07, 6.45) is 0.440. The number of rotatable bonds is 4. The Bertz CT molecular complexity index is 161. The smallest absolute Gasteiger partial charge is 0.248 e. The van der Waals surface area contributed by atoms with E-state index in [1.807, 2.05) is 6.92 Å². The lowest BCUT2D eigenvalue weighted by molar-refractivity contribution is -0.133. The van der Waals surface area contributed by atoms with E-state index in [1.54, 1.807) is 7.05 Å². The summed E-state index contributed by atoms with van der Waals surface area (Å²) in [4.78, 5) is 11.3. The molecule has 0 saturated heterocycles. The molecular weight excluding hydrogens is 166 g/mol. The minimum Gasteiger partial charge on any atom is -0.369 e. The van der Waals surface area contributed by atoms with E-state index in [2.05, 4.69) is 26.1 Å². The maximum absolute atomic E-state index is 11.3. The van der Waals surface area contributed by atoms with Crippen molar-refractivity contribution in [1.29, 1.82) is 0 Å². The fourth-order valence-corrected chi connectivity index (χ4v) is 1.15. The van der Waals surface area contributed by atoms with Crippen LogP contribution in [0.15, 0.2) is 0 Å². The molecule has 3 heteroatoms. The SMILES string of the molecule is CCOC(CC(C)(C)C)C(=O)NC. The van der Waals surface area contributed by atoms with E-state index in [4.69, 9.17) is 4.74 Å². The summed E-state index contributed by atoms with van der Waals surface area (Å²) in [5, 5.41) is 2.61. The number of carbonyl (C=O) groups is 1. The van der Waals surface area contributed by atoms with Gasteiger partial charge in [-0.25, -0.2) is 0 Å². The molecule has 0 aliphatic carbocycles. The van der Waals surface area contributed by atoms with Crippen LogP contribution in [0.25, 0.3) is 0 Å². The quantitative estimate of drug-likeness (QED) is 0.725. The largest absolute Gasteiger partial charge is 0.369 e. The Morgan fingerprint density at radius 3 is 2.31 bits per heavy atom. The van der Waals surface area contributed by atoms with Crippen molar-refractivity contribution < 1.29 is 9.53 Å². The van der Waals surface area contributed by atoms with Crippen molar-refractivity contribution in [3.63, 3.8) is 0 Å². The average molecular weight is 187 g/mol. The van der Waals surface area contributed by atoms with E-state index in [9.17, 15) is 4.79 Å². The van der Waals surface area contributed by atoms with Gasteiger partial charge in [-0.1, -0.05) is 20.8 Å². The van der Waals surface area contributed by atoms with E-state index < -0.39 is 0 Å². The first-order valence-electron chi connectivity index (χ1n) is 4.74. The van der Waals surface area contributed by atoms with Crippen LogP contribution >= 0.6 is 0 Å². The fraction of sp³-hybridized carbons (Fsp3) is 0.900. The van der Waals surface area contributed by atoms with Gasteiger partial charge in [0.1, 0.15) is 6.10 Å². The Kier molecular flexibility index (Phi) is 4.99. The topological polar surface area (TPSA) is 38.3 Å². The van der Waals surface area contributed by atoms with Crippen molar-refractivity contribution in [3.8, 4) is 0 Å². The lowest BCUT2D eigenvalue weighted by Crippen LogP contribution is -2.36. The Morgan fingerprint density at radius 2 is 2.00 bits per heavy atom. The highest BCUT2D eigenvalue weighted by Crippen LogP contribution is 2.22. The first-order chi connectivity index (χ1) is 5.90. The van der Waals surface area contributed by atoms with Crippen LogP contribution in [-0.2, 0) is 9.53 Å². The van der Waals surface area contributed by atoms with Crippen molar-refractivity contribution in [2.75, 3.05) is 13.7 Å². The number of ether oxygens (including phenoxy) is 1. The summed E-state index contributed by atoms with van der Waals surface area (Å²) in [7, 11) is 1.64. The molecule has 0 aromatic carbocycles. The second kappa shape index (κ2) is 5.22. The van der Waals surface area contributed by atoms with Crippen molar-refractivity contribution in [2.24, 2.45) is 5.41 Å². The van der Waals surface area contributed by atoms with E-state index in [0.29, 0.717) is 6.61 Å². The highest BCUT2D eigenvalue weighted by Gasteiger charge is 2.24. The number of nitrogens with one attached hydrogen (secondary N) is 1. The highest BCUT2D eigenvalue weighted by atomic mass is 16.5. The lowest BCUT2D eigenvalue weighted by Gasteiger charge is -2.24. The first-order valence-corrected chi connectivity index (χ1v) is 4.74. The normalized spacial score (nSPS) is 13.9. The molecular formula is C10H21NO2. The fourth-order valence-electron chi connectivity index (χ4n) is 1.15. The van der Waals surface area contributed by atoms with Crippen LogP contribution in [0.5, 0.6) is 0 Å². The standard InChI is InChI=1S/C10H21NO2/c1-6-13-8(9(12)11-5)7-10(2,3)4/h8H,6-7H2,1-5H3,(H,11,12). The molecule has 0 spiro atoms. The van der Waals surface area contributed by atoms with Gasteiger partial charge in [0, 0.05) is 13.7 Å². The van der Waals surface area contributed by atoms with Crippen LogP contribution in [-0.4, -0.2) is 25.7 Å². The third kappa shape index (κ3) is 5.64. The maximum atomic E-state index is 11.3. The molecule has 0 aliphatic rings. The number of hydrogen-bond donors (Lipinski definition) is 1. The number of amides is 1. The number of carbonyl (C=O) groups excluding carboxylic acids is 1.